The third kappa shape index (κ3) is 3.00. The second-order valence-corrected chi connectivity index (χ2v) is 7.51. The van der Waals surface area contributed by atoms with Gasteiger partial charge in [0.1, 0.15) is 10.6 Å². The van der Waals surface area contributed by atoms with E-state index in [4.69, 9.17) is 5.26 Å². The molecule has 0 aliphatic carbocycles. The van der Waals surface area contributed by atoms with Gasteiger partial charge in [-0.05, 0) is 31.5 Å². The van der Waals surface area contributed by atoms with Crippen LogP contribution in [0.15, 0.2) is 34.2 Å². The Labute approximate surface area is 140 Å². The van der Waals surface area contributed by atoms with Crippen molar-refractivity contribution < 1.29 is 4.39 Å². The molecule has 23 heavy (non-hydrogen) atoms. The average Bonchev–Trinajstić information content (AvgIpc) is 2.84. The number of benzene rings is 1. The van der Waals surface area contributed by atoms with E-state index in [1.54, 1.807) is 19.1 Å². The summed E-state index contributed by atoms with van der Waals surface area (Å²) in [5.74, 6) is -0.317. The van der Waals surface area contributed by atoms with Gasteiger partial charge in [0.15, 0.2) is 5.16 Å². The molecular formula is C16H12FN3OS2. The monoisotopic (exact) mass is 345 g/mol. The van der Waals surface area contributed by atoms with E-state index >= 15 is 0 Å². The van der Waals surface area contributed by atoms with Crippen LogP contribution in [-0.2, 0) is 0 Å². The number of aromatic amines is 1. The fourth-order valence-corrected chi connectivity index (χ4v) is 4.10. The smallest absolute Gasteiger partial charge is 0.260 e. The summed E-state index contributed by atoms with van der Waals surface area (Å²) in [5.41, 5.74) is 1.32. The zero-order chi connectivity index (χ0) is 16.6. The van der Waals surface area contributed by atoms with Gasteiger partial charge in [0.25, 0.3) is 5.56 Å². The van der Waals surface area contributed by atoms with E-state index in [0.717, 1.165) is 16.0 Å². The minimum absolute atomic E-state index is 0.244. The van der Waals surface area contributed by atoms with E-state index in [2.05, 4.69) is 16.0 Å². The van der Waals surface area contributed by atoms with Crippen molar-refractivity contribution in [1.29, 1.82) is 5.26 Å². The zero-order valence-electron chi connectivity index (χ0n) is 12.4. The standard InChI is InChI=1S/C16H12FN3OS2/c1-8(7-18)22-16-19-14(21)13-12(9(2)23-15(13)20-16)10-3-5-11(17)6-4-10/h3-6,8H,1-2H3,(H,19,20,21)/t8-/m0/s1. The van der Waals surface area contributed by atoms with Crippen molar-refractivity contribution in [3.63, 3.8) is 0 Å². The summed E-state index contributed by atoms with van der Waals surface area (Å²) in [6.07, 6.45) is 0. The Morgan fingerprint density at radius 3 is 2.74 bits per heavy atom. The lowest BCUT2D eigenvalue weighted by molar-refractivity contribution is 0.628. The van der Waals surface area contributed by atoms with Gasteiger partial charge in [-0.2, -0.15) is 5.26 Å². The normalized spacial score (nSPS) is 12.3. The van der Waals surface area contributed by atoms with Crippen molar-refractivity contribution in [3.8, 4) is 17.2 Å². The highest BCUT2D eigenvalue weighted by atomic mass is 32.2. The number of fused-ring (bicyclic) bond motifs is 1. The summed E-state index contributed by atoms with van der Waals surface area (Å²) in [7, 11) is 0. The second-order valence-electron chi connectivity index (χ2n) is 4.98. The number of hydrogen-bond donors (Lipinski definition) is 1. The van der Waals surface area contributed by atoms with Gasteiger partial charge in [0.05, 0.1) is 16.7 Å². The first kappa shape index (κ1) is 15.7. The maximum atomic E-state index is 13.1. The van der Waals surface area contributed by atoms with E-state index < -0.39 is 0 Å². The number of aryl methyl sites for hydroxylation is 1. The molecule has 0 amide bonds. The van der Waals surface area contributed by atoms with E-state index in [1.165, 1.54) is 35.2 Å². The third-order valence-electron chi connectivity index (χ3n) is 3.32. The lowest BCUT2D eigenvalue weighted by Crippen LogP contribution is -2.09. The van der Waals surface area contributed by atoms with Crippen LogP contribution < -0.4 is 5.56 Å². The molecule has 3 rings (SSSR count). The number of thioether (sulfide) groups is 1. The molecule has 1 aromatic carbocycles. The van der Waals surface area contributed by atoms with Gasteiger partial charge in [-0.3, -0.25) is 4.79 Å². The van der Waals surface area contributed by atoms with Crippen LogP contribution in [0.4, 0.5) is 4.39 Å². The zero-order valence-corrected chi connectivity index (χ0v) is 14.0. The van der Waals surface area contributed by atoms with Gasteiger partial charge in [-0.25, -0.2) is 9.37 Å². The van der Waals surface area contributed by atoms with Crippen molar-refractivity contribution in [1.82, 2.24) is 9.97 Å². The number of thiophene rings is 1. The first-order valence-corrected chi connectivity index (χ1v) is 8.55. The van der Waals surface area contributed by atoms with Crippen LogP contribution in [0.25, 0.3) is 21.3 Å². The highest BCUT2D eigenvalue weighted by molar-refractivity contribution is 8.00. The first-order valence-electron chi connectivity index (χ1n) is 6.85. The molecule has 0 fully saturated rings. The molecule has 0 spiro atoms. The Balaban J connectivity index is 2.18. The average molecular weight is 345 g/mol. The summed E-state index contributed by atoms with van der Waals surface area (Å²) in [4.78, 5) is 21.2. The summed E-state index contributed by atoms with van der Waals surface area (Å²) in [6, 6.07) is 8.16. The summed E-state index contributed by atoms with van der Waals surface area (Å²) >= 11 is 2.63. The lowest BCUT2D eigenvalue weighted by atomic mass is 10.0. The molecule has 1 N–H and O–H groups in total. The van der Waals surface area contributed by atoms with Gasteiger partial charge in [0.2, 0.25) is 0 Å². The molecule has 2 heterocycles. The van der Waals surface area contributed by atoms with Crippen molar-refractivity contribution in [2.45, 2.75) is 24.3 Å². The van der Waals surface area contributed by atoms with Gasteiger partial charge >= 0.3 is 0 Å². The summed E-state index contributed by atoms with van der Waals surface area (Å²) < 4.78 is 13.1. The number of nitriles is 1. The molecule has 4 nitrogen and oxygen atoms in total. The quantitative estimate of drug-likeness (QED) is 0.573. The summed E-state index contributed by atoms with van der Waals surface area (Å²) in [5, 5.41) is 9.52. The Bertz CT molecular complexity index is 970. The highest BCUT2D eigenvalue weighted by Gasteiger charge is 2.17. The number of rotatable bonds is 3. The maximum absolute atomic E-state index is 13.1. The fraction of sp³-hybridized carbons (Fsp3) is 0.188. The Morgan fingerprint density at radius 2 is 2.09 bits per heavy atom. The molecule has 1 atom stereocenters. The molecule has 0 saturated carbocycles. The maximum Gasteiger partial charge on any atom is 0.260 e. The molecule has 0 saturated heterocycles. The molecule has 0 aliphatic heterocycles. The Kier molecular flexibility index (Phi) is 4.20. The van der Waals surface area contributed by atoms with Crippen molar-refractivity contribution in [2.24, 2.45) is 0 Å². The first-order chi connectivity index (χ1) is 11.0. The minimum Gasteiger partial charge on any atom is -0.301 e. The molecule has 0 bridgehead atoms. The van der Waals surface area contributed by atoms with Crippen LogP contribution in [0.3, 0.4) is 0 Å². The van der Waals surface area contributed by atoms with Crippen LogP contribution in [-0.4, -0.2) is 15.2 Å². The van der Waals surface area contributed by atoms with Gasteiger partial charge in [-0.1, -0.05) is 23.9 Å². The number of hydrogen-bond acceptors (Lipinski definition) is 5. The number of H-pyrrole nitrogens is 1. The SMILES string of the molecule is Cc1sc2nc(S[C@@H](C)C#N)[nH]c(=O)c2c1-c1ccc(F)cc1. The van der Waals surface area contributed by atoms with Gasteiger partial charge in [-0.15, -0.1) is 11.3 Å². The molecule has 0 unspecified atom stereocenters. The van der Waals surface area contributed by atoms with Gasteiger partial charge in [0, 0.05) is 10.4 Å². The number of aromatic nitrogens is 2. The third-order valence-corrected chi connectivity index (χ3v) is 5.19. The molecular weight excluding hydrogens is 333 g/mol. The van der Waals surface area contributed by atoms with Crippen LogP contribution >= 0.6 is 23.1 Å². The second kappa shape index (κ2) is 6.14. The predicted molar refractivity (Wildman–Crippen MR) is 91.3 cm³/mol. The number of nitrogens with one attached hydrogen (secondary N) is 1. The van der Waals surface area contributed by atoms with E-state index in [1.807, 2.05) is 6.92 Å². The van der Waals surface area contributed by atoms with Crippen molar-refractivity contribution >= 4 is 33.3 Å². The largest absolute Gasteiger partial charge is 0.301 e. The lowest BCUT2D eigenvalue weighted by Gasteiger charge is -2.03. The molecule has 2 aromatic heterocycles. The van der Waals surface area contributed by atoms with Crippen LogP contribution in [0.1, 0.15) is 11.8 Å². The molecule has 0 aliphatic rings. The van der Waals surface area contributed by atoms with E-state index in [9.17, 15) is 9.18 Å². The van der Waals surface area contributed by atoms with E-state index in [0.29, 0.717) is 15.4 Å². The van der Waals surface area contributed by atoms with Crippen molar-refractivity contribution in [2.75, 3.05) is 0 Å². The van der Waals surface area contributed by atoms with Crippen LogP contribution in [0.5, 0.6) is 0 Å². The van der Waals surface area contributed by atoms with E-state index in [-0.39, 0.29) is 16.6 Å². The topological polar surface area (TPSA) is 69.5 Å². The number of halogens is 1. The minimum atomic E-state index is -0.317. The molecule has 116 valence electrons. The molecule has 7 heteroatoms. The van der Waals surface area contributed by atoms with Crippen LogP contribution in [0.2, 0.25) is 0 Å². The van der Waals surface area contributed by atoms with Crippen molar-refractivity contribution in [3.05, 3.63) is 45.3 Å². The summed E-state index contributed by atoms with van der Waals surface area (Å²) in [6.45, 7) is 3.66. The van der Waals surface area contributed by atoms with Crippen LogP contribution in [0, 0.1) is 24.1 Å². The Hall–Kier alpha value is -2.17. The molecule has 0 radical (unpaired) electrons. The number of nitrogens with zero attached hydrogens (tertiary/aromatic N) is 2. The fourth-order valence-electron chi connectivity index (χ4n) is 2.31. The predicted octanol–water partition coefficient (Wildman–Crippen LogP) is 4.10. The molecule has 3 aromatic rings. The Morgan fingerprint density at radius 1 is 1.39 bits per heavy atom. The highest BCUT2D eigenvalue weighted by Crippen LogP contribution is 2.36. The van der Waals surface area contributed by atoms with Gasteiger partial charge < -0.3 is 4.98 Å².